The molecular weight excluding hydrogens is 265 g/mol. The first kappa shape index (κ1) is 16.3. The lowest BCUT2D eigenvalue weighted by Crippen LogP contribution is -2.30. The van der Waals surface area contributed by atoms with Crippen LogP contribution in [0, 0.1) is 5.92 Å². The first-order chi connectivity index (χ1) is 10.2. The van der Waals surface area contributed by atoms with Crippen molar-refractivity contribution in [2.75, 3.05) is 26.2 Å². The van der Waals surface area contributed by atoms with Crippen LogP contribution in [-0.4, -0.2) is 48.3 Å². The van der Waals surface area contributed by atoms with Gasteiger partial charge in [-0.2, -0.15) is 0 Å². The van der Waals surface area contributed by atoms with Gasteiger partial charge in [-0.1, -0.05) is 25.5 Å². The van der Waals surface area contributed by atoms with Crippen molar-refractivity contribution in [1.82, 2.24) is 4.90 Å². The Kier molecular flexibility index (Phi) is 6.55. The highest BCUT2D eigenvalue weighted by molar-refractivity contribution is 6.58. The zero-order valence-corrected chi connectivity index (χ0v) is 12.9. The van der Waals surface area contributed by atoms with Crippen LogP contribution in [0.15, 0.2) is 24.3 Å². The molecule has 1 aromatic carbocycles. The fourth-order valence-electron chi connectivity index (χ4n) is 2.89. The molecular formula is C16H26BNO3. The highest BCUT2D eigenvalue weighted by Crippen LogP contribution is 2.20. The van der Waals surface area contributed by atoms with Crippen LogP contribution in [0.1, 0.15) is 32.6 Å². The van der Waals surface area contributed by atoms with Gasteiger partial charge in [-0.3, -0.25) is 4.90 Å². The van der Waals surface area contributed by atoms with E-state index < -0.39 is 7.12 Å². The summed E-state index contributed by atoms with van der Waals surface area (Å²) in [7, 11) is -1.41. The van der Waals surface area contributed by atoms with Crippen molar-refractivity contribution in [3.8, 4) is 5.75 Å². The van der Waals surface area contributed by atoms with Crippen molar-refractivity contribution in [3.63, 3.8) is 0 Å². The van der Waals surface area contributed by atoms with Gasteiger partial charge >= 0.3 is 7.12 Å². The third-order valence-electron chi connectivity index (χ3n) is 4.37. The van der Waals surface area contributed by atoms with E-state index in [0.717, 1.165) is 18.2 Å². The van der Waals surface area contributed by atoms with Crippen LogP contribution in [0.3, 0.4) is 0 Å². The van der Waals surface area contributed by atoms with Crippen molar-refractivity contribution >= 4 is 12.6 Å². The summed E-state index contributed by atoms with van der Waals surface area (Å²) < 4.78 is 5.73. The maximum absolute atomic E-state index is 9.04. The molecule has 1 aliphatic heterocycles. The predicted octanol–water partition coefficient (Wildman–Crippen LogP) is 1.26. The van der Waals surface area contributed by atoms with Crippen LogP contribution >= 0.6 is 0 Å². The monoisotopic (exact) mass is 291 g/mol. The fourth-order valence-corrected chi connectivity index (χ4v) is 2.89. The Balaban J connectivity index is 1.71. The van der Waals surface area contributed by atoms with E-state index in [1.165, 1.54) is 38.8 Å². The third-order valence-corrected chi connectivity index (χ3v) is 4.37. The summed E-state index contributed by atoms with van der Waals surface area (Å²) in [5.74, 6) is 1.68. The van der Waals surface area contributed by atoms with Gasteiger partial charge in [0, 0.05) is 6.54 Å². The average Bonchev–Trinajstić information content (AvgIpc) is 2.73. The highest BCUT2D eigenvalue weighted by Gasteiger charge is 2.15. The Hall–Kier alpha value is -1.04. The van der Waals surface area contributed by atoms with E-state index in [9.17, 15) is 0 Å². The number of hydrogen-bond acceptors (Lipinski definition) is 4. The molecule has 4 nitrogen and oxygen atoms in total. The molecule has 1 heterocycles. The number of nitrogens with zero attached hydrogens (tertiary/aromatic N) is 1. The zero-order valence-electron chi connectivity index (χ0n) is 12.9. The molecule has 0 saturated carbocycles. The molecule has 116 valence electrons. The van der Waals surface area contributed by atoms with Crippen molar-refractivity contribution < 1.29 is 14.8 Å². The molecule has 21 heavy (non-hydrogen) atoms. The third kappa shape index (κ3) is 5.34. The van der Waals surface area contributed by atoms with Gasteiger partial charge in [0.1, 0.15) is 12.4 Å². The van der Waals surface area contributed by atoms with E-state index in [-0.39, 0.29) is 0 Å². The molecule has 2 N–H and O–H groups in total. The second kappa shape index (κ2) is 8.42. The van der Waals surface area contributed by atoms with Crippen LogP contribution in [0.2, 0.25) is 0 Å². The SMILES string of the molecule is CCC1CCCN(CCOc2ccc(B(O)O)cc2)CC1. The van der Waals surface area contributed by atoms with Gasteiger partial charge in [0.15, 0.2) is 0 Å². The van der Waals surface area contributed by atoms with E-state index >= 15 is 0 Å². The molecule has 1 saturated heterocycles. The molecule has 1 unspecified atom stereocenters. The maximum atomic E-state index is 9.04. The summed E-state index contributed by atoms with van der Waals surface area (Å²) in [5, 5.41) is 18.1. The summed E-state index contributed by atoms with van der Waals surface area (Å²) in [5.41, 5.74) is 0.487. The van der Waals surface area contributed by atoms with Crippen molar-refractivity contribution in [3.05, 3.63) is 24.3 Å². The molecule has 1 atom stereocenters. The van der Waals surface area contributed by atoms with E-state index in [0.29, 0.717) is 12.1 Å². The Morgan fingerprint density at radius 3 is 2.62 bits per heavy atom. The van der Waals surface area contributed by atoms with Crippen LogP contribution in [0.4, 0.5) is 0 Å². The van der Waals surface area contributed by atoms with Crippen LogP contribution in [0.5, 0.6) is 5.75 Å². The summed E-state index contributed by atoms with van der Waals surface area (Å²) >= 11 is 0. The number of likely N-dealkylation sites (tertiary alicyclic amines) is 1. The first-order valence-electron chi connectivity index (χ1n) is 8.00. The lowest BCUT2D eigenvalue weighted by atomic mass is 9.80. The van der Waals surface area contributed by atoms with Gasteiger partial charge in [-0.05, 0) is 55.9 Å². The summed E-state index contributed by atoms with van der Waals surface area (Å²) in [6.45, 7) is 6.28. The standard InChI is InChI=1S/C16H26BNO3/c1-2-14-4-3-10-18(11-9-14)12-13-21-16-7-5-15(6-8-16)17(19)20/h5-8,14,19-20H,2-4,9-13H2,1H3. The molecule has 0 amide bonds. The minimum Gasteiger partial charge on any atom is -0.492 e. The highest BCUT2D eigenvalue weighted by atomic mass is 16.5. The lowest BCUT2D eigenvalue weighted by molar-refractivity contribution is 0.212. The first-order valence-corrected chi connectivity index (χ1v) is 8.00. The number of ether oxygens (including phenoxy) is 1. The van der Waals surface area contributed by atoms with Gasteiger partial charge in [-0.25, -0.2) is 0 Å². The van der Waals surface area contributed by atoms with Crippen molar-refractivity contribution in [2.45, 2.75) is 32.6 Å². The maximum Gasteiger partial charge on any atom is 0.488 e. The van der Waals surface area contributed by atoms with Gasteiger partial charge in [0.25, 0.3) is 0 Å². The van der Waals surface area contributed by atoms with Crippen molar-refractivity contribution in [2.24, 2.45) is 5.92 Å². The van der Waals surface area contributed by atoms with E-state index in [1.54, 1.807) is 24.3 Å². The molecule has 5 heteroatoms. The van der Waals surface area contributed by atoms with Gasteiger partial charge in [0.05, 0.1) is 0 Å². The van der Waals surface area contributed by atoms with Crippen molar-refractivity contribution in [1.29, 1.82) is 0 Å². The largest absolute Gasteiger partial charge is 0.492 e. The Morgan fingerprint density at radius 1 is 1.19 bits per heavy atom. The number of benzene rings is 1. The van der Waals surface area contributed by atoms with Crippen LogP contribution in [-0.2, 0) is 0 Å². The summed E-state index contributed by atoms with van der Waals surface area (Å²) in [6.07, 6.45) is 5.26. The normalized spacial score (nSPS) is 20.0. The molecule has 0 aromatic heterocycles. The smallest absolute Gasteiger partial charge is 0.488 e. The van der Waals surface area contributed by atoms with Crippen LogP contribution < -0.4 is 10.2 Å². The van der Waals surface area contributed by atoms with E-state index in [2.05, 4.69) is 11.8 Å². The van der Waals surface area contributed by atoms with Crippen LogP contribution in [0.25, 0.3) is 0 Å². The Bertz CT molecular complexity index is 410. The second-order valence-corrected chi connectivity index (χ2v) is 5.84. The average molecular weight is 291 g/mol. The summed E-state index contributed by atoms with van der Waals surface area (Å²) in [4.78, 5) is 2.49. The van der Waals surface area contributed by atoms with E-state index in [4.69, 9.17) is 14.8 Å². The molecule has 1 aliphatic rings. The van der Waals surface area contributed by atoms with Gasteiger partial charge in [-0.15, -0.1) is 0 Å². The molecule has 0 radical (unpaired) electrons. The molecule has 1 fully saturated rings. The molecule has 2 rings (SSSR count). The van der Waals surface area contributed by atoms with Gasteiger partial charge < -0.3 is 14.8 Å². The molecule has 0 aliphatic carbocycles. The predicted molar refractivity (Wildman–Crippen MR) is 85.8 cm³/mol. The van der Waals surface area contributed by atoms with E-state index in [1.807, 2.05) is 0 Å². The lowest BCUT2D eigenvalue weighted by Gasteiger charge is -2.20. The minimum absolute atomic E-state index is 0.487. The summed E-state index contributed by atoms with van der Waals surface area (Å²) in [6, 6.07) is 6.92. The number of rotatable bonds is 6. The molecule has 0 bridgehead atoms. The Labute approximate surface area is 127 Å². The molecule has 0 spiro atoms. The molecule has 1 aromatic rings. The second-order valence-electron chi connectivity index (χ2n) is 5.84. The zero-order chi connectivity index (χ0) is 15.1. The fraction of sp³-hybridized carbons (Fsp3) is 0.625. The van der Waals surface area contributed by atoms with Gasteiger partial charge in [0.2, 0.25) is 0 Å². The minimum atomic E-state index is -1.41. The quantitative estimate of drug-likeness (QED) is 0.775. The number of hydrogen-bond donors (Lipinski definition) is 2. The topological polar surface area (TPSA) is 52.9 Å². The Morgan fingerprint density at radius 2 is 1.95 bits per heavy atom.